The third-order valence-corrected chi connectivity index (χ3v) is 7.45. The zero-order valence-corrected chi connectivity index (χ0v) is 21.6. The molecule has 2 fully saturated rings. The molecule has 2 aromatic carbocycles. The predicted molar refractivity (Wildman–Crippen MR) is 143 cm³/mol. The maximum atomic E-state index is 15.4. The topological polar surface area (TPSA) is 132 Å². The number of alkyl halides is 1. The number of nitrogens with zero attached hydrogens (tertiary/aromatic N) is 4. The SMILES string of the molecule is O=C(OC[C@H]1O[C@@H](n2cnc3c(NC4CCCC4)nc(C(O)c4ccccc4)nc32)[C@@H](F)[C@@H]1O)c1ccccc1. The number of fused-ring (bicyclic) bond motifs is 1. The Morgan fingerprint density at radius 1 is 1.10 bits per heavy atom. The Morgan fingerprint density at radius 2 is 1.80 bits per heavy atom. The van der Waals surface area contributed by atoms with E-state index in [1.165, 1.54) is 10.9 Å². The molecule has 0 bridgehead atoms. The van der Waals surface area contributed by atoms with Crippen LogP contribution in [0.15, 0.2) is 67.0 Å². The number of nitrogens with one attached hydrogen (secondary N) is 1. The number of aliphatic hydroxyl groups excluding tert-OH is 2. The number of carbonyl (C=O) groups excluding carboxylic acids is 1. The van der Waals surface area contributed by atoms with Crippen LogP contribution in [0, 0.1) is 0 Å². The van der Waals surface area contributed by atoms with Crippen molar-refractivity contribution in [1.82, 2.24) is 19.5 Å². The normalized spacial score (nSPS) is 23.9. The van der Waals surface area contributed by atoms with Crippen LogP contribution < -0.4 is 5.32 Å². The zero-order chi connectivity index (χ0) is 27.6. The van der Waals surface area contributed by atoms with Crippen LogP contribution >= 0.6 is 0 Å². The fourth-order valence-electron chi connectivity index (χ4n) is 5.27. The first-order valence-corrected chi connectivity index (χ1v) is 13.4. The average molecular weight is 548 g/mol. The number of hydrogen-bond acceptors (Lipinski definition) is 9. The van der Waals surface area contributed by atoms with Crippen molar-refractivity contribution >= 4 is 23.0 Å². The molecule has 2 aliphatic rings. The summed E-state index contributed by atoms with van der Waals surface area (Å²) in [5, 5.41) is 25.1. The van der Waals surface area contributed by atoms with Crippen LogP contribution in [0.1, 0.15) is 59.8 Å². The van der Waals surface area contributed by atoms with Crippen LogP contribution in [0.5, 0.6) is 0 Å². The molecule has 10 nitrogen and oxygen atoms in total. The van der Waals surface area contributed by atoms with Crippen LogP contribution in [0.3, 0.4) is 0 Å². The van der Waals surface area contributed by atoms with Gasteiger partial charge in [-0.15, -0.1) is 0 Å². The molecule has 0 amide bonds. The molecule has 1 unspecified atom stereocenters. The number of rotatable bonds is 8. The number of hydrogen-bond donors (Lipinski definition) is 3. The highest BCUT2D eigenvalue weighted by atomic mass is 19.1. The molecular formula is C29H30FN5O5. The first kappa shape index (κ1) is 26.3. The molecule has 2 aromatic heterocycles. The monoisotopic (exact) mass is 547 g/mol. The molecule has 1 aliphatic heterocycles. The number of aromatic nitrogens is 4. The number of esters is 1. The van der Waals surface area contributed by atoms with Gasteiger partial charge in [-0.3, -0.25) is 4.57 Å². The van der Waals surface area contributed by atoms with Crippen molar-refractivity contribution in [2.24, 2.45) is 0 Å². The molecule has 40 heavy (non-hydrogen) atoms. The van der Waals surface area contributed by atoms with E-state index in [9.17, 15) is 15.0 Å². The van der Waals surface area contributed by atoms with Gasteiger partial charge in [-0.25, -0.2) is 24.1 Å². The lowest BCUT2D eigenvalue weighted by Crippen LogP contribution is -2.32. The van der Waals surface area contributed by atoms with Crippen molar-refractivity contribution in [3.8, 4) is 0 Å². The van der Waals surface area contributed by atoms with Crippen LogP contribution in [-0.2, 0) is 9.47 Å². The Morgan fingerprint density at radius 3 is 2.52 bits per heavy atom. The summed E-state index contributed by atoms with van der Waals surface area (Å²) in [6.45, 7) is -0.333. The summed E-state index contributed by atoms with van der Waals surface area (Å²) < 4.78 is 28.0. The minimum Gasteiger partial charge on any atom is -0.459 e. The fourth-order valence-corrected chi connectivity index (χ4v) is 5.27. The van der Waals surface area contributed by atoms with Gasteiger partial charge in [0.2, 0.25) is 0 Å². The summed E-state index contributed by atoms with van der Waals surface area (Å²) in [7, 11) is 0. The lowest BCUT2D eigenvalue weighted by atomic mass is 10.1. The summed E-state index contributed by atoms with van der Waals surface area (Å²) in [4.78, 5) is 26.0. The van der Waals surface area contributed by atoms with Crippen LogP contribution in [0.2, 0.25) is 0 Å². The smallest absolute Gasteiger partial charge is 0.338 e. The standard InChI is InChI=1S/C29H30FN5O5/c30-21-24(37)20(15-39-29(38)18-11-5-2-6-12-18)40-28(21)35-16-31-22-25(32-19-13-7-8-14-19)33-26(34-27(22)35)23(36)17-9-3-1-4-10-17/h1-6,9-12,16,19-21,23-24,28,36-37H,7-8,13-15H2,(H,32,33,34)/t20-,21+,23?,24-,28-/m1/s1. The molecule has 3 N–H and O–H groups in total. The maximum Gasteiger partial charge on any atom is 0.338 e. The van der Waals surface area contributed by atoms with E-state index < -0.39 is 36.7 Å². The molecule has 4 aromatic rings. The van der Waals surface area contributed by atoms with E-state index in [0.717, 1.165) is 25.7 Å². The van der Waals surface area contributed by atoms with E-state index in [1.54, 1.807) is 42.5 Å². The Balaban J connectivity index is 1.29. The maximum absolute atomic E-state index is 15.4. The number of halogens is 1. The molecule has 208 valence electrons. The summed E-state index contributed by atoms with van der Waals surface area (Å²) in [6, 6.07) is 17.6. The highest BCUT2D eigenvalue weighted by Gasteiger charge is 2.46. The van der Waals surface area contributed by atoms with Gasteiger partial charge in [0.25, 0.3) is 0 Å². The second-order valence-corrected chi connectivity index (χ2v) is 10.2. The molecule has 1 saturated carbocycles. The zero-order valence-electron chi connectivity index (χ0n) is 21.6. The molecule has 6 rings (SSSR count). The number of imidazole rings is 1. The molecular weight excluding hydrogens is 517 g/mol. The molecule has 1 saturated heterocycles. The van der Waals surface area contributed by atoms with E-state index in [-0.39, 0.29) is 24.1 Å². The third kappa shape index (κ3) is 5.15. The first-order valence-electron chi connectivity index (χ1n) is 13.4. The van der Waals surface area contributed by atoms with E-state index in [0.29, 0.717) is 22.5 Å². The van der Waals surface area contributed by atoms with Crippen LogP contribution in [0.25, 0.3) is 11.2 Å². The summed E-state index contributed by atoms with van der Waals surface area (Å²) in [5.74, 6) is -0.0237. The summed E-state index contributed by atoms with van der Waals surface area (Å²) in [5.41, 5.74) is 1.60. The van der Waals surface area contributed by atoms with Crippen molar-refractivity contribution in [1.29, 1.82) is 0 Å². The molecule has 11 heteroatoms. The van der Waals surface area contributed by atoms with Crippen LogP contribution in [-0.4, -0.2) is 66.7 Å². The minimum absolute atomic E-state index is 0.128. The lowest BCUT2D eigenvalue weighted by Gasteiger charge is -2.18. The van der Waals surface area contributed by atoms with Crippen molar-refractivity contribution in [3.05, 3.63) is 83.9 Å². The Hall–Kier alpha value is -3.93. The Kier molecular flexibility index (Phi) is 7.42. The van der Waals surface area contributed by atoms with Gasteiger partial charge < -0.3 is 25.0 Å². The van der Waals surface area contributed by atoms with Gasteiger partial charge in [0, 0.05) is 6.04 Å². The van der Waals surface area contributed by atoms with Crippen molar-refractivity contribution in [3.63, 3.8) is 0 Å². The molecule has 0 radical (unpaired) electrons. The number of ether oxygens (including phenoxy) is 2. The van der Waals surface area contributed by atoms with Gasteiger partial charge in [0.1, 0.15) is 24.9 Å². The minimum atomic E-state index is -1.85. The lowest BCUT2D eigenvalue weighted by molar-refractivity contribution is -0.0529. The van der Waals surface area contributed by atoms with E-state index >= 15 is 4.39 Å². The fraction of sp³-hybridized carbons (Fsp3) is 0.379. The van der Waals surface area contributed by atoms with Gasteiger partial charge in [-0.2, -0.15) is 0 Å². The van der Waals surface area contributed by atoms with Crippen molar-refractivity contribution < 1.29 is 28.9 Å². The Bertz CT molecular complexity index is 1460. The Labute approximate surface area is 229 Å². The quantitative estimate of drug-likeness (QED) is 0.283. The van der Waals surface area contributed by atoms with Crippen LogP contribution in [0.4, 0.5) is 10.2 Å². The molecule has 3 heterocycles. The van der Waals surface area contributed by atoms with Gasteiger partial charge in [-0.05, 0) is 30.5 Å². The largest absolute Gasteiger partial charge is 0.459 e. The number of anilines is 1. The number of aliphatic hydroxyl groups is 2. The van der Waals surface area contributed by atoms with Gasteiger partial charge >= 0.3 is 5.97 Å². The van der Waals surface area contributed by atoms with Crippen molar-refractivity contribution in [2.75, 3.05) is 11.9 Å². The first-order chi connectivity index (χ1) is 19.5. The molecule has 5 atom stereocenters. The van der Waals surface area contributed by atoms with E-state index in [1.807, 2.05) is 18.2 Å². The number of benzene rings is 2. The van der Waals surface area contributed by atoms with Gasteiger partial charge in [0.05, 0.1) is 11.9 Å². The molecule has 1 aliphatic carbocycles. The molecule has 0 spiro atoms. The summed E-state index contributed by atoms with van der Waals surface area (Å²) in [6.07, 6.45) is -1.33. The van der Waals surface area contributed by atoms with E-state index in [4.69, 9.17) is 9.47 Å². The second kappa shape index (κ2) is 11.3. The number of carbonyl (C=O) groups is 1. The van der Waals surface area contributed by atoms with E-state index in [2.05, 4.69) is 20.3 Å². The average Bonchev–Trinajstić information content (AvgIpc) is 3.73. The van der Waals surface area contributed by atoms with Gasteiger partial charge in [-0.1, -0.05) is 61.4 Å². The second-order valence-electron chi connectivity index (χ2n) is 10.2. The highest BCUT2D eigenvalue weighted by molar-refractivity contribution is 5.89. The van der Waals surface area contributed by atoms with Gasteiger partial charge in [0.15, 0.2) is 35.2 Å². The summed E-state index contributed by atoms with van der Waals surface area (Å²) >= 11 is 0. The van der Waals surface area contributed by atoms with Crippen molar-refractivity contribution in [2.45, 2.75) is 62.4 Å². The predicted octanol–water partition coefficient (Wildman–Crippen LogP) is 3.72. The third-order valence-electron chi connectivity index (χ3n) is 7.45. The highest BCUT2D eigenvalue weighted by Crippen LogP contribution is 2.36.